The third-order valence-electron chi connectivity index (χ3n) is 5.86. The molecule has 5 heteroatoms. The Balaban J connectivity index is 1.57. The van der Waals surface area contributed by atoms with Gasteiger partial charge in [-0.1, -0.05) is 30.3 Å². The Morgan fingerprint density at radius 1 is 1.07 bits per heavy atom. The molecule has 4 rings (SSSR count). The molecule has 0 bridgehead atoms. The summed E-state index contributed by atoms with van der Waals surface area (Å²) in [5.74, 6) is -0.0863. The van der Waals surface area contributed by atoms with E-state index in [-0.39, 0.29) is 17.7 Å². The SMILES string of the molecule is CN(C)c1ccc(CN2C[C@H]3NC(=O)c4ccccc4C(=O)[C@@]3(C)C2)cc1. The van der Waals surface area contributed by atoms with Crippen LogP contribution in [0.5, 0.6) is 0 Å². The predicted octanol–water partition coefficient (Wildman–Crippen LogP) is 2.57. The van der Waals surface area contributed by atoms with E-state index in [0.29, 0.717) is 24.2 Å². The van der Waals surface area contributed by atoms with Gasteiger partial charge in [-0.05, 0) is 30.7 Å². The van der Waals surface area contributed by atoms with Crippen molar-refractivity contribution in [3.63, 3.8) is 0 Å². The van der Waals surface area contributed by atoms with Gasteiger partial charge in [0.1, 0.15) is 0 Å². The maximum Gasteiger partial charge on any atom is 0.252 e. The van der Waals surface area contributed by atoms with Crippen LogP contribution in [0.2, 0.25) is 0 Å². The van der Waals surface area contributed by atoms with Crippen LogP contribution in [0.15, 0.2) is 48.5 Å². The van der Waals surface area contributed by atoms with Gasteiger partial charge in [-0.2, -0.15) is 0 Å². The monoisotopic (exact) mass is 363 g/mol. The van der Waals surface area contributed by atoms with Crippen LogP contribution in [0, 0.1) is 5.41 Å². The Hall–Kier alpha value is -2.66. The number of rotatable bonds is 3. The number of amides is 1. The van der Waals surface area contributed by atoms with Gasteiger partial charge in [-0.25, -0.2) is 0 Å². The van der Waals surface area contributed by atoms with Crippen molar-refractivity contribution in [1.82, 2.24) is 10.2 Å². The first kappa shape index (κ1) is 17.7. The number of hydrogen-bond donors (Lipinski definition) is 1. The minimum Gasteiger partial charge on any atom is -0.378 e. The first-order valence-corrected chi connectivity index (χ1v) is 9.32. The number of nitrogens with zero attached hydrogens (tertiary/aromatic N) is 2. The Bertz CT molecular complexity index is 891. The molecule has 140 valence electrons. The fraction of sp³-hybridized carbons (Fsp3) is 0.364. The Kier molecular flexibility index (Phi) is 4.27. The molecule has 2 aliphatic rings. The number of carbonyl (C=O) groups excluding carboxylic acids is 2. The van der Waals surface area contributed by atoms with Crippen LogP contribution in [0.25, 0.3) is 0 Å². The summed E-state index contributed by atoms with van der Waals surface area (Å²) in [6.07, 6.45) is 0. The lowest BCUT2D eigenvalue weighted by molar-refractivity contribution is 0.0789. The highest BCUT2D eigenvalue weighted by Gasteiger charge is 2.51. The molecule has 0 radical (unpaired) electrons. The van der Waals surface area contributed by atoms with E-state index in [9.17, 15) is 9.59 Å². The lowest BCUT2D eigenvalue weighted by Gasteiger charge is -2.27. The topological polar surface area (TPSA) is 52.6 Å². The maximum absolute atomic E-state index is 13.3. The lowest BCUT2D eigenvalue weighted by atomic mass is 9.78. The van der Waals surface area contributed by atoms with Crippen LogP contribution in [0.1, 0.15) is 33.2 Å². The van der Waals surface area contributed by atoms with Gasteiger partial charge in [0, 0.05) is 45.0 Å². The molecule has 0 aliphatic carbocycles. The van der Waals surface area contributed by atoms with Gasteiger partial charge in [0.05, 0.1) is 17.0 Å². The van der Waals surface area contributed by atoms with Crippen molar-refractivity contribution >= 4 is 17.4 Å². The normalized spacial score (nSPS) is 24.8. The summed E-state index contributed by atoms with van der Waals surface area (Å²) < 4.78 is 0. The van der Waals surface area contributed by atoms with Crippen molar-refractivity contribution < 1.29 is 9.59 Å². The summed E-state index contributed by atoms with van der Waals surface area (Å²) in [6, 6.07) is 15.4. The van der Waals surface area contributed by atoms with Crippen molar-refractivity contribution in [2.45, 2.75) is 19.5 Å². The molecule has 2 aromatic rings. The van der Waals surface area contributed by atoms with Crippen LogP contribution in [-0.2, 0) is 6.54 Å². The van der Waals surface area contributed by atoms with Crippen molar-refractivity contribution in [3.8, 4) is 0 Å². The second kappa shape index (κ2) is 6.50. The van der Waals surface area contributed by atoms with Gasteiger partial charge in [0.2, 0.25) is 0 Å². The summed E-state index contributed by atoms with van der Waals surface area (Å²) in [6.45, 7) is 4.07. The predicted molar refractivity (Wildman–Crippen MR) is 106 cm³/mol. The molecule has 1 saturated heterocycles. The van der Waals surface area contributed by atoms with Gasteiger partial charge in [0.25, 0.3) is 5.91 Å². The van der Waals surface area contributed by atoms with E-state index >= 15 is 0 Å². The smallest absolute Gasteiger partial charge is 0.252 e. The molecule has 2 aliphatic heterocycles. The van der Waals surface area contributed by atoms with Crippen LogP contribution >= 0.6 is 0 Å². The molecule has 0 spiro atoms. The molecule has 1 amide bonds. The maximum atomic E-state index is 13.3. The molecule has 2 aromatic carbocycles. The van der Waals surface area contributed by atoms with Crippen LogP contribution < -0.4 is 10.2 Å². The standard InChI is InChI=1S/C22H25N3O2/c1-22-14-25(12-15-8-10-16(11-9-15)24(2)3)13-19(22)23-21(27)18-7-5-4-6-17(18)20(22)26/h4-11,19H,12-14H2,1-3H3,(H,23,27)/t19-,22+/m1/s1. The second-order valence-electron chi connectivity index (χ2n) is 8.05. The average Bonchev–Trinajstić information content (AvgIpc) is 2.94. The van der Waals surface area contributed by atoms with Gasteiger partial charge < -0.3 is 10.2 Å². The molecule has 2 heterocycles. The lowest BCUT2D eigenvalue weighted by Crippen LogP contribution is -2.47. The number of fused-ring (bicyclic) bond motifs is 2. The van der Waals surface area contributed by atoms with Gasteiger partial charge in [0.15, 0.2) is 5.78 Å². The quantitative estimate of drug-likeness (QED) is 0.911. The summed E-state index contributed by atoms with van der Waals surface area (Å²) in [5.41, 5.74) is 2.79. The number of ketones is 1. The number of nitrogens with one attached hydrogen (secondary N) is 1. The van der Waals surface area contributed by atoms with E-state index in [2.05, 4.69) is 39.4 Å². The number of likely N-dealkylation sites (tertiary alicyclic amines) is 1. The highest BCUT2D eigenvalue weighted by molar-refractivity contribution is 6.12. The van der Waals surface area contributed by atoms with Gasteiger partial charge in [-0.3, -0.25) is 14.5 Å². The highest BCUT2D eigenvalue weighted by atomic mass is 16.2. The van der Waals surface area contributed by atoms with Crippen LogP contribution in [-0.4, -0.2) is 49.8 Å². The van der Waals surface area contributed by atoms with E-state index in [1.807, 2.05) is 27.1 Å². The van der Waals surface area contributed by atoms with E-state index in [4.69, 9.17) is 0 Å². The van der Waals surface area contributed by atoms with Crippen LogP contribution in [0.3, 0.4) is 0 Å². The summed E-state index contributed by atoms with van der Waals surface area (Å²) >= 11 is 0. The minimum absolute atomic E-state index is 0.0619. The number of anilines is 1. The van der Waals surface area contributed by atoms with Crippen molar-refractivity contribution in [2.75, 3.05) is 32.1 Å². The molecule has 1 fully saturated rings. The molecule has 1 N–H and O–H groups in total. The number of benzene rings is 2. The first-order chi connectivity index (χ1) is 12.9. The van der Waals surface area contributed by atoms with E-state index in [1.54, 1.807) is 18.2 Å². The van der Waals surface area contributed by atoms with Crippen molar-refractivity contribution in [2.24, 2.45) is 5.41 Å². The third kappa shape index (κ3) is 3.02. The second-order valence-corrected chi connectivity index (χ2v) is 8.05. The number of hydrogen-bond acceptors (Lipinski definition) is 4. The summed E-state index contributed by atoms with van der Waals surface area (Å²) in [7, 11) is 4.05. The molecule has 0 aromatic heterocycles. The Morgan fingerprint density at radius 3 is 2.41 bits per heavy atom. The Labute approximate surface area is 160 Å². The van der Waals surface area contributed by atoms with Gasteiger partial charge >= 0.3 is 0 Å². The Morgan fingerprint density at radius 2 is 1.74 bits per heavy atom. The number of carbonyl (C=O) groups is 2. The fourth-order valence-electron chi connectivity index (χ4n) is 4.23. The fourth-order valence-corrected chi connectivity index (χ4v) is 4.23. The molecule has 27 heavy (non-hydrogen) atoms. The van der Waals surface area contributed by atoms with E-state index in [1.165, 1.54) is 5.56 Å². The van der Waals surface area contributed by atoms with Crippen molar-refractivity contribution in [1.29, 1.82) is 0 Å². The average molecular weight is 363 g/mol. The van der Waals surface area contributed by atoms with Gasteiger partial charge in [-0.15, -0.1) is 0 Å². The third-order valence-corrected chi connectivity index (χ3v) is 5.86. The zero-order valence-electron chi connectivity index (χ0n) is 16.0. The molecule has 5 nitrogen and oxygen atoms in total. The number of Topliss-reactive ketones (excluding diaryl/α,β-unsaturated/α-hetero) is 1. The van der Waals surface area contributed by atoms with E-state index in [0.717, 1.165) is 12.2 Å². The minimum atomic E-state index is -0.605. The molecular formula is C22H25N3O2. The molecular weight excluding hydrogens is 338 g/mol. The van der Waals surface area contributed by atoms with E-state index < -0.39 is 5.41 Å². The molecule has 2 atom stereocenters. The zero-order chi connectivity index (χ0) is 19.2. The van der Waals surface area contributed by atoms with Crippen molar-refractivity contribution in [3.05, 3.63) is 65.2 Å². The largest absolute Gasteiger partial charge is 0.378 e. The molecule has 0 unspecified atom stereocenters. The summed E-state index contributed by atoms with van der Waals surface area (Å²) in [5, 5.41) is 3.10. The summed E-state index contributed by atoms with van der Waals surface area (Å²) in [4.78, 5) is 30.2. The zero-order valence-corrected chi connectivity index (χ0v) is 16.0. The first-order valence-electron chi connectivity index (χ1n) is 9.32. The highest BCUT2D eigenvalue weighted by Crippen LogP contribution is 2.37. The molecule has 0 saturated carbocycles. The van der Waals surface area contributed by atoms with Crippen LogP contribution in [0.4, 0.5) is 5.69 Å².